The monoisotopic (exact) mass is 409 g/mol. The van der Waals surface area contributed by atoms with Crippen LogP contribution in [0.5, 0.6) is 0 Å². The second-order valence-electron chi connectivity index (χ2n) is 6.13. The van der Waals surface area contributed by atoms with E-state index in [-0.39, 0.29) is 23.0 Å². The molecule has 1 aromatic heterocycles. The highest BCUT2D eigenvalue weighted by Crippen LogP contribution is 2.27. The maximum absolute atomic E-state index is 12.3. The van der Waals surface area contributed by atoms with Crippen LogP contribution in [0.4, 0.5) is 11.4 Å². The number of aryl methyl sites for hydroxylation is 1. The van der Waals surface area contributed by atoms with E-state index < -0.39 is 4.92 Å². The first-order valence-electron chi connectivity index (χ1n) is 8.77. The zero-order valence-electron chi connectivity index (χ0n) is 15.7. The summed E-state index contributed by atoms with van der Waals surface area (Å²) in [6.07, 6.45) is 1.74. The zero-order valence-corrected chi connectivity index (χ0v) is 16.6. The first kappa shape index (κ1) is 20.3. The minimum atomic E-state index is -0.530. The number of nitrogens with one attached hydrogen (secondary N) is 1. The van der Waals surface area contributed by atoms with Crippen molar-refractivity contribution in [3.8, 4) is 11.4 Å². The van der Waals surface area contributed by atoms with Crippen molar-refractivity contribution < 1.29 is 9.72 Å². The Labute approximate surface area is 171 Å². The van der Waals surface area contributed by atoms with E-state index >= 15 is 0 Å². The number of aromatic nitrogens is 3. The number of nitro benzene ring substituents is 1. The molecular formula is C20H19N5O3S. The molecule has 0 radical (unpaired) electrons. The minimum Gasteiger partial charge on any atom is -0.320 e. The summed E-state index contributed by atoms with van der Waals surface area (Å²) in [5, 5.41) is 22.7. The lowest BCUT2D eigenvalue weighted by atomic mass is 10.1. The van der Waals surface area contributed by atoms with E-state index in [0.29, 0.717) is 17.5 Å². The van der Waals surface area contributed by atoms with Crippen molar-refractivity contribution in [2.45, 2.75) is 18.6 Å². The zero-order chi connectivity index (χ0) is 20.8. The standard InChI is InChI=1S/C20H19N5O3S/c1-3-12-24-19(15-9-5-4-8-14(15)2)22-23-20(24)29-13-18(26)21-16-10-6-7-11-17(16)25(27)28/h3-11H,1,12-13H2,2H3,(H,21,26). The van der Waals surface area contributed by atoms with E-state index in [9.17, 15) is 14.9 Å². The molecule has 0 unspecified atom stereocenters. The fourth-order valence-electron chi connectivity index (χ4n) is 2.77. The van der Waals surface area contributed by atoms with Gasteiger partial charge in [0.15, 0.2) is 11.0 Å². The second kappa shape index (κ2) is 9.16. The summed E-state index contributed by atoms with van der Waals surface area (Å²) in [5.41, 5.74) is 2.03. The maximum Gasteiger partial charge on any atom is 0.292 e. The molecule has 0 fully saturated rings. The van der Waals surface area contributed by atoms with Crippen molar-refractivity contribution in [1.29, 1.82) is 0 Å². The van der Waals surface area contributed by atoms with Gasteiger partial charge in [-0.1, -0.05) is 54.2 Å². The Morgan fingerprint density at radius 1 is 1.24 bits per heavy atom. The molecule has 1 heterocycles. The van der Waals surface area contributed by atoms with Gasteiger partial charge in [-0.2, -0.15) is 0 Å². The molecule has 3 aromatic rings. The molecule has 8 nitrogen and oxygen atoms in total. The van der Waals surface area contributed by atoms with Crippen LogP contribution in [0, 0.1) is 17.0 Å². The van der Waals surface area contributed by atoms with Gasteiger partial charge in [0.1, 0.15) is 5.69 Å². The molecule has 3 rings (SSSR count). The van der Waals surface area contributed by atoms with E-state index in [4.69, 9.17) is 0 Å². The number of benzene rings is 2. The van der Waals surface area contributed by atoms with Crippen LogP contribution in [0.25, 0.3) is 11.4 Å². The molecule has 0 saturated heterocycles. The molecule has 1 N–H and O–H groups in total. The third-order valence-corrected chi connectivity index (χ3v) is 5.09. The van der Waals surface area contributed by atoms with Gasteiger partial charge in [-0.25, -0.2) is 0 Å². The van der Waals surface area contributed by atoms with Gasteiger partial charge in [0.05, 0.1) is 10.7 Å². The highest BCUT2D eigenvalue weighted by Gasteiger charge is 2.18. The van der Waals surface area contributed by atoms with Crippen molar-refractivity contribution in [1.82, 2.24) is 14.8 Å². The van der Waals surface area contributed by atoms with Gasteiger partial charge in [-0.05, 0) is 18.6 Å². The summed E-state index contributed by atoms with van der Waals surface area (Å²) in [6, 6.07) is 13.9. The van der Waals surface area contributed by atoms with E-state index in [1.165, 1.54) is 23.9 Å². The highest BCUT2D eigenvalue weighted by atomic mass is 32.2. The summed E-state index contributed by atoms with van der Waals surface area (Å²) in [5.74, 6) is 0.370. The van der Waals surface area contributed by atoms with Crippen molar-refractivity contribution in [3.05, 3.63) is 76.9 Å². The van der Waals surface area contributed by atoms with Crippen LogP contribution in [0.15, 0.2) is 66.3 Å². The summed E-state index contributed by atoms with van der Waals surface area (Å²) < 4.78 is 1.89. The molecule has 29 heavy (non-hydrogen) atoms. The SMILES string of the molecule is C=CCn1c(SCC(=O)Nc2ccccc2[N+](=O)[O-])nnc1-c1ccccc1C. The average molecular weight is 409 g/mol. The van der Waals surface area contributed by atoms with Crippen molar-refractivity contribution >= 4 is 29.0 Å². The molecule has 9 heteroatoms. The van der Waals surface area contributed by atoms with Crippen LogP contribution in [0.3, 0.4) is 0 Å². The Hall–Kier alpha value is -3.46. The molecule has 0 aliphatic carbocycles. The van der Waals surface area contributed by atoms with E-state index in [0.717, 1.165) is 11.1 Å². The Morgan fingerprint density at radius 2 is 1.97 bits per heavy atom. The quantitative estimate of drug-likeness (QED) is 0.260. The Balaban J connectivity index is 1.76. The van der Waals surface area contributed by atoms with Crippen LogP contribution < -0.4 is 5.32 Å². The number of thioether (sulfide) groups is 1. The van der Waals surface area contributed by atoms with E-state index in [2.05, 4.69) is 22.1 Å². The molecule has 148 valence electrons. The molecule has 0 aliphatic rings. The van der Waals surface area contributed by atoms with Gasteiger partial charge in [-0.15, -0.1) is 16.8 Å². The molecule has 1 amide bonds. The fourth-order valence-corrected chi connectivity index (χ4v) is 3.51. The van der Waals surface area contributed by atoms with E-state index in [1.54, 1.807) is 18.2 Å². The molecule has 0 aliphatic heterocycles. The number of rotatable bonds is 8. The number of hydrogen-bond acceptors (Lipinski definition) is 6. The number of para-hydroxylation sites is 2. The van der Waals surface area contributed by atoms with Gasteiger partial charge < -0.3 is 5.32 Å². The van der Waals surface area contributed by atoms with Gasteiger partial charge in [-0.3, -0.25) is 19.5 Å². The molecule has 0 saturated carbocycles. The van der Waals surface area contributed by atoms with Gasteiger partial charge in [0.25, 0.3) is 5.69 Å². The summed E-state index contributed by atoms with van der Waals surface area (Å²) in [4.78, 5) is 22.9. The number of nitrogens with zero attached hydrogens (tertiary/aromatic N) is 4. The topological polar surface area (TPSA) is 103 Å². The maximum atomic E-state index is 12.3. The van der Waals surface area contributed by atoms with Crippen LogP contribution in [-0.2, 0) is 11.3 Å². The van der Waals surface area contributed by atoms with Gasteiger partial charge >= 0.3 is 0 Å². The first-order valence-corrected chi connectivity index (χ1v) is 9.76. The summed E-state index contributed by atoms with van der Waals surface area (Å²) in [6.45, 7) is 6.27. The van der Waals surface area contributed by atoms with Crippen molar-refractivity contribution in [3.63, 3.8) is 0 Å². The normalized spacial score (nSPS) is 10.5. The number of hydrogen-bond donors (Lipinski definition) is 1. The smallest absolute Gasteiger partial charge is 0.292 e. The van der Waals surface area contributed by atoms with Crippen LogP contribution in [0.1, 0.15) is 5.56 Å². The Bertz CT molecular complexity index is 1060. The third kappa shape index (κ3) is 4.69. The van der Waals surface area contributed by atoms with Crippen LogP contribution in [-0.4, -0.2) is 31.3 Å². The fraction of sp³-hybridized carbons (Fsp3) is 0.150. The number of carbonyl (C=O) groups excluding carboxylic acids is 1. The molecule has 2 aromatic carbocycles. The number of anilines is 1. The predicted molar refractivity (Wildman–Crippen MR) is 113 cm³/mol. The van der Waals surface area contributed by atoms with E-state index in [1.807, 2.05) is 35.8 Å². The lowest BCUT2D eigenvalue weighted by molar-refractivity contribution is -0.383. The van der Waals surface area contributed by atoms with Gasteiger partial charge in [0, 0.05) is 18.2 Å². The minimum absolute atomic E-state index is 0.0368. The lowest BCUT2D eigenvalue weighted by Gasteiger charge is -2.09. The Morgan fingerprint density at radius 3 is 2.69 bits per heavy atom. The summed E-state index contributed by atoms with van der Waals surface area (Å²) in [7, 11) is 0. The lowest BCUT2D eigenvalue weighted by Crippen LogP contribution is -2.15. The molecule has 0 bridgehead atoms. The van der Waals surface area contributed by atoms with Crippen LogP contribution in [0.2, 0.25) is 0 Å². The van der Waals surface area contributed by atoms with Crippen molar-refractivity contribution in [2.24, 2.45) is 0 Å². The Kier molecular flexibility index (Phi) is 6.40. The number of nitro groups is 1. The molecule has 0 atom stereocenters. The number of amides is 1. The van der Waals surface area contributed by atoms with Crippen LogP contribution >= 0.6 is 11.8 Å². The number of carbonyl (C=O) groups is 1. The molecule has 0 spiro atoms. The second-order valence-corrected chi connectivity index (χ2v) is 7.07. The van der Waals surface area contributed by atoms with Crippen molar-refractivity contribution in [2.75, 3.05) is 11.1 Å². The molecular weight excluding hydrogens is 390 g/mol. The predicted octanol–water partition coefficient (Wildman–Crippen LogP) is 4.08. The van der Waals surface area contributed by atoms with Gasteiger partial charge in [0.2, 0.25) is 5.91 Å². The third-order valence-electron chi connectivity index (χ3n) is 4.12. The largest absolute Gasteiger partial charge is 0.320 e. The number of allylic oxidation sites excluding steroid dienone is 1. The summed E-state index contributed by atoms with van der Waals surface area (Å²) >= 11 is 1.21. The first-order chi connectivity index (χ1) is 14.0. The average Bonchev–Trinajstić information content (AvgIpc) is 3.10. The highest BCUT2D eigenvalue weighted by molar-refractivity contribution is 7.99.